The van der Waals surface area contributed by atoms with Gasteiger partial charge in [-0.2, -0.15) is 0 Å². The molecule has 2 aromatic heterocycles. The molecule has 6 heteroatoms. The number of ether oxygens (including phenoxy) is 1. The molecular formula is C20H20N4O2. The van der Waals surface area contributed by atoms with E-state index in [9.17, 15) is 4.79 Å². The number of imidazole rings is 1. The number of aromatic nitrogens is 3. The van der Waals surface area contributed by atoms with Gasteiger partial charge in [0.25, 0.3) is 5.91 Å². The van der Waals surface area contributed by atoms with Crippen LogP contribution >= 0.6 is 0 Å². The molecular weight excluding hydrogens is 328 g/mol. The minimum atomic E-state index is -0.142. The maximum absolute atomic E-state index is 12.5. The molecule has 0 saturated carbocycles. The first-order valence-corrected chi connectivity index (χ1v) is 8.79. The number of amides is 1. The maximum Gasteiger partial charge on any atom is 0.251 e. The first kappa shape index (κ1) is 16.3. The molecule has 1 aromatic carbocycles. The van der Waals surface area contributed by atoms with E-state index in [1.807, 2.05) is 12.3 Å². The van der Waals surface area contributed by atoms with Crippen LogP contribution in [0.25, 0.3) is 0 Å². The molecule has 0 fully saturated rings. The zero-order valence-corrected chi connectivity index (χ0v) is 14.4. The fourth-order valence-electron chi connectivity index (χ4n) is 3.07. The summed E-state index contributed by atoms with van der Waals surface area (Å²) in [4.78, 5) is 21.0. The Labute approximate surface area is 151 Å². The lowest BCUT2D eigenvalue weighted by Gasteiger charge is -2.11. The fourth-order valence-corrected chi connectivity index (χ4v) is 3.07. The van der Waals surface area contributed by atoms with Crippen molar-refractivity contribution in [3.05, 3.63) is 72.1 Å². The number of hydrogen-bond acceptors (Lipinski definition) is 4. The van der Waals surface area contributed by atoms with Gasteiger partial charge in [0, 0.05) is 37.1 Å². The number of fused-ring (bicyclic) bond motifs is 1. The maximum atomic E-state index is 12.5. The summed E-state index contributed by atoms with van der Waals surface area (Å²) in [7, 11) is 0. The molecule has 0 spiro atoms. The molecule has 1 aliphatic heterocycles. The zero-order valence-electron chi connectivity index (χ0n) is 14.4. The number of rotatable bonds is 5. The van der Waals surface area contributed by atoms with E-state index in [0.29, 0.717) is 23.6 Å². The minimum Gasteiger partial charge on any atom is -0.457 e. The number of nitrogens with zero attached hydrogens (tertiary/aromatic N) is 3. The molecule has 0 bridgehead atoms. The molecule has 0 unspecified atom stereocenters. The van der Waals surface area contributed by atoms with Crippen LogP contribution in [0, 0.1) is 0 Å². The van der Waals surface area contributed by atoms with E-state index in [0.717, 1.165) is 24.5 Å². The van der Waals surface area contributed by atoms with Crippen LogP contribution in [-0.4, -0.2) is 20.4 Å². The molecule has 1 amide bonds. The van der Waals surface area contributed by atoms with Crippen LogP contribution in [0.4, 0.5) is 0 Å². The van der Waals surface area contributed by atoms with Gasteiger partial charge in [-0.25, -0.2) is 4.98 Å². The van der Waals surface area contributed by atoms with E-state index in [2.05, 4.69) is 19.9 Å². The van der Waals surface area contributed by atoms with E-state index >= 15 is 0 Å². The second-order valence-electron chi connectivity index (χ2n) is 6.29. The number of pyridine rings is 1. The predicted octanol–water partition coefficient (Wildman–Crippen LogP) is 3.34. The van der Waals surface area contributed by atoms with Gasteiger partial charge >= 0.3 is 0 Å². The minimum absolute atomic E-state index is 0.142. The van der Waals surface area contributed by atoms with Crippen molar-refractivity contribution in [1.29, 1.82) is 0 Å². The summed E-state index contributed by atoms with van der Waals surface area (Å²) in [5, 5.41) is 2.94. The average Bonchev–Trinajstić information content (AvgIpc) is 3.10. The Hall–Kier alpha value is -3.15. The number of carbonyl (C=O) groups is 1. The Kier molecular flexibility index (Phi) is 4.64. The molecule has 26 heavy (non-hydrogen) atoms. The first-order chi connectivity index (χ1) is 12.8. The van der Waals surface area contributed by atoms with Crippen molar-refractivity contribution < 1.29 is 9.53 Å². The zero-order chi connectivity index (χ0) is 17.8. The highest BCUT2D eigenvalue weighted by Gasteiger charge is 2.13. The van der Waals surface area contributed by atoms with E-state index in [1.165, 1.54) is 12.8 Å². The van der Waals surface area contributed by atoms with Crippen molar-refractivity contribution in [3.63, 3.8) is 0 Å². The van der Waals surface area contributed by atoms with Crippen molar-refractivity contribution in [2.45, 2.75) is 32.4 Å². The quantitative estimate of drug-likeness (QED) is 0.768. The molecule has 0 radical (unpaired) electrons. The molecule has 1 aliphatic rings. The van der Waals surface area contributed by atoms with Gasteiger partial charge in [-0.05, 0) is 43.2 Å². The van der Waals surface area contributed by atoms with Crippen molar-refractivity contribution in [1.82, 2.24) is 19.9 Å². The largest absolute Gasteiger partial charge is 0.457 e. The molecule has 0 aliphatic carbocycles. The second-order valence-corrected chi connectivity index (χ2v) is 6.29. The Morgan fingerprint density at radius 1 is 1.15 bits per heavy atom. The molecule has 4 rings (SSSR count). The summed E-state index contributed by atoms with van der Waals surface area (Å²) < 4.78 is 7.94. The standard InChI is InChI=1S/C20H20N4O2/c25-20(22-13-16-14-24-11-2-1-6-19(24)23-16)15-4-3-5-18(12-15)26-17-7-9-21-10-8-17/h3-5,7-10,12,14H,1-2,6,11,13H2,(H,22,25). The van der Waals surface area contributed by atoms with Crippen LogP contribution in [0.3, 0.4) is 0 Å². The summed E-state index contributed by atoms with van der Waals surface area (Å²) in [6.07, 6.45) is 8.76. The van der Waals surface area contributed by atoms with E-state index in [4.69, 9.17) is 4.74 Å². The van der Waals surface area contributed by atoms with Gasteiger partial charge in [0.15, 0.2) is 0 Å². The monoisotopic (exact) mass is 348 g/mol. The Bertz CT molecular complexity index is 882. The highest BCUT2D eigenvalue weighted by atomic mass is 16.5. The summed E-state index contributed by atoms with van der Waals surface area (Å²) in [6, 6.07) is 10.7. The smallest absolute Gasteiger partial charge is 0.251 e. The number of carbonyl (C=O) groups excluding carboxylic acids is 1. The molecule has 3 aromatic rings. The lowest BCUT2D eigenvalue weighted by atomic mass is 10.2. The van der Waals surface area contributed by atoms with Crippen LogP contribution in [0.5, 0.6) is 11.5 Å². The first-order valence-electron chi connectivity index (χ1n) is 8.79. The third kappa shape index (κ3) is 3.74. The Morgan fingerprint density at radius 2 is 2.04 bits per heavy atom. The van der Waals surface area contributed by atoms with Crippen LogP contribution in [0.2, 0.25) is 0 Å². The highest BCUT2D eigenvalue weighted by molar-refractivity contribution is 5.94. The van der Waals surface area contributed by atoms with Gasteiger partial charge in [0.1, 0.15) is 17.3 Å². The van der Waals surface area contributed by atoms with Crippen molar-refractivity contribution in [2.24, 2.45) is 0 Å². The van der Waals surface area contributed by atoms with Crippen LogP contribution in [0.15, 0.2) is 55.0 Å². The van der Waals surface area contributed by atoms with Crippen LogP contribution in [0.1, 0.15) is 34.7 Å². The van der Waals surface area contributed by atoms with Gasteiger partial charge in [-0.1, -0.05) is 6.07 Å². The lowest BCUT2D eigenvalue weighted by molar-refractivity contribution is 0.0950. The second kappa shape index (κ2) is 7.39. The topological polar surface area (TPSA) is 69.0 Å². The van der Waals surface area contributed by atoms with Gasteiger partial charge < -0.3 is 14.6 Å². The van der Waals surface area contributed by atoms with Crippen molar-refractivity contribution in [3.8, 4) is 11.5 Å². The summed E-state index contributed by atoms with van der Waals surface area (Å²) in [5.74, 6) is 2.27. The van der Waals surface area contributed by atoms with E-state index in [-0.39, 0.29) is 5.91 Å². The van der Waals surface area contributed by atoms with E-state index in [1.54, 1.807) is 42.7 Å². The van der Waals surface area contributed by atoms with Gasteiger partial charge in [-0.3, -0.25) is 9.78 Å². The SMILES string of the molecule is O=C(NCc1cn2c(n1)CCCC2)c1cccc(Oc2ccncc2)c1. The molecule has 0 saturated heterocycles. The van der Waals surface area contributed by atoms with Crippen LogP contribution in [-0.2, 0) is 19.5 Å². The lowest BCUT2D eigenvalue weighted by Crippen LogP contribution is -2.22. The number of benzene rings is 1. The van der Waals surface area contributed by atoms with Gasteiger partial charge in [0.05, 0.1) is 12.2 Å². The predicted molar refractivity (Wildman–Crippen MR) is 97.1 cm³/mol. The average molecular weight is 348 g/mol. The molecule has 0 atom stereocenters. The summed E-state index contributed by atoms with van der Waals surface area (Å²) in [5.41, 5.74) is 1.46. The Morgan fingerprint density at radius 3 is 2.88 bits per heavy atom. The molecule has 3 heterocycles. The molecule has 6 nitrogen and oxygen atoms in total. The fraction of sp³-hybridized carbons (Fsp3) is 0.250. The third-order valence-electron chi connectivity index (χ3n) is 4.37. The van der Waals surface area contributed by atoms with E-state index < -0.39 is 0 Å². The van der Waals surface area contributed by atoms with Gasteiger partial charge in [0.2, 0.25) is 0 Å². The normalized spacial score (nSPS) is 13.1. The molecule has 132 valence electrons. The number of aryl methyl sites for hydroxylation is 2. The highest BCUT2D eigenvalue weighted by Crippen LogP contribution is 2.21. The summed E-state index contributed by atoms with van der Waals surface area (Å²) in [6.45, 7) is 1.44. The summed E-state index contributed by atoms with van der Waals surface area (Å²) >= 11 is 0. The number of hydrogen-bond donors (Lipinski definition) is 1. The van der Waals surface area contributed by atoms with Crippen LogP contribution < -0.4 is 10.1 Å². The molecule has 1 N–H and O–H groups in total. The third-order valence-corrected chi connectivity index (χ3v) is 4.37. The van der Waals surface area contributed by atoms with Crippen molar-refractivity contribution in [2.75, 3.05) is 0 Å². The van der Waals surface area contributed by atoms with Crippen molar-refractivity contribution >= 4 is 5.91 Å². The Balaban J connectivity index is 1.40. The number of nitrogens with one attached hydrogen (secondary N) is 1. The van der Waals surface area contributed by atoms with Gasteiger partial charge in [-0.15, -0.1) is 0 Å².